The Balaban J connectivity index is 2.78. The van der Waals surface area contributed by atoms with E-state index in [4.69, 9.17) is 0 Å². The van der Waals surface area contributed by atoms with Crippen molar-refractivity contribution < 1.29 is 18.3 Å². The van der Waals surface area contributed by atoms with Gasteiger partial charge in [0.15, 0.2) is 5.60 Å². The van der Waals surface area contributed by atoms with Crippen molar-refractivity contribution in [2.24, 2.45) is 0 Å². The molecule has 4 heteroatoms. The minimum atomic E-state index is -4.70. The molecule has 0 aliphatic carbocycles. The van der Waals surface area contributed by atoms with Crippen LogP contribution in [0.5, 0.6) is 0 Å². The number of hydrogen-bond acceptors (Lipinski definition) is 1. The van der Waals surface area contributed by atoms with Crippen LogP contribution in [0.1, 0.15) is 18.1 Å². The Hall–Kier alpha value is -1.55. The third-order valence-electron chi connectivity index (χ3n) is 3.22. The fraction of sp³-hybridized carbons (Fsp3) is 0.286. The molecule has 0 aromatic heterocycles. The van der Waals surface area contributed by atoms with Crippen molar-refractivity contribution in [3.63, 3.8) is 0 Å². The molecular weight excluding hydrogens is 241 g/mol. The van der Waals surface area contributed by atoms with Gasteiger partial charge in [0.1, 0.15) is 0 Å². The highest BCUT2D eigenvalue weighted by atomic mass is 19.4. The molecule has 0 radical (unpaired) electrons. The third-order valence-corrected chi connectivity index (χ3v) is 3.22. The smallest absolute Gasteiger partial charge is 0.376 e. The highest BCUT2D eigenvalue weighted by Gasteiger charge is 2.51. The average Bonchev–Trinajstić information content (AvgIpc) is 2.28. The fourth-order valence-electron chi connectivity index (χ4n) is 2.03. The van der Waals surface area contributed by atoms with Crippen LogP contribution in [-0.2, 0) is 5.60 Å². The molecule has 0 saturated heterocycles. The maximum atomic E-state index is 12.9. The molecule has 18 heavy (non-hydrogen) atoms. The number of hydrogen-bond donors (Lipinski definition) is 1. The quantitative estimate of drug-likeness (QED) is 0.817. The van der Waals surface area contributed by atoms with Gasteiger partial charge in [-0.25, -0.2) is 0 Å². The van der Waals surface area contributed by atoms with E-state index in [2.05, 4.69) is 0 Å². The van der Waals surface area contributed by atoms with Crippen molar-refractivity contribution in [2.45, 2.75) is 25.6 Å². The second-order valence-corrected chi connectivity index (χ2v) is 4.55. The summed E-state index contributed by atoms with van der Waals surface area (Å²) in [4.78, 5) is 0. The van der Waals surface area contributed by atoms with E-state index in [0.29, 0.717) is 5.39 Å². The molecule has 0 saturated carbocycles. The van der Waals surface area contributed by atoms with Crippen LogP contribution in [0.4, 0.5) is 13.2 Å². The predicted molar refractivity (Wildman–Crippen MR) is 64.3 cm³/mol. The number of benzene rings is 2. The maximum absolute atomic E-state index is 12.9. The van der Waals surface area contributed by atoms with Gasteiger partial charge in [0.05, 0.1) is 0 Å². The summed E-state index contributed by atoms with van der Waals surface area (Å²) in [6.45, 7) is 2.61. The van der Waals surface area contributed by atoms with Crippen LogP contribution in [-0.4, -0.2) is 11.3 Å². The minimum absolute atomic E-state index is 0.115. The number of fused-ring (bicyclic) bond motifs is 1. The highest BCUT2D eigenvalue weighted by Crippen LogP contribution is 2.41. The number of rotatable bonds is 1. The van der Waals surface area contributed by atoms with Crippen LogP contribution in [0.2, 0.25) is 0 Å². The Kier molecular flexibility index (Phi) is 2.86. The normalized spacial score (nSPS) is 15.7. The van der Waals surface area contributed by atoms with Gasteiger partial charge in [0.25, 0.3) is 0 Å². The molecule has 2 aromatic rings. The molecule has 0 spiro atoms. The van der Waals surface area contributed by atoms with E-state index < -0.39 is 11.8 Å². The molecule has 2 aromatic carbocycles. The van der Waals surface area contributed by atoms with E-state index in [1.54, 1.807) is 30.3 Å². The summed E-state index contributed by atoms with van der Waals surface area (Å²) in [6.07, 6.45) is -4.70. The van der Waals surface area contributed by atoms with Gasteiger partial charge in [-0.05, 0) is 30.2 Å². The van der Waals surface area contributed by atoms with E-state index in [0.717, 1.165) is 17.9 Å². The Bertz CT molecular complexity index is 585. The lowest BCUT2D eigenvalue weighted by molar-refractivity contribution is -0.258. The number of alkyl halides is 3. The van der Waals surface area contributed by atoms with Crippen LogP contribution in [0.3, 0.4) is 0 Å². The highest BCUT2D eigenvalue weighted by molar-refractivity contribution is 5.89. The second-order valence-electron chi connectivity index (χ2n) is 4.55. The summed E-state index contributed by atoms with van der Waals surface area (Å²) < 4.78 is 38.7. The van der Waals surface area contributed by atoms with E-state index in [1.807, 2.05) is 6.92 Å². The van der Waals surface area contributed by atoms with Crippen LogP contribution < -0.4 is 0 Å². The molecule has 96 valence electrons. The lowest BCUT2D eigenvalue weighted by atomic mass is 9.89. The van der Waals surface area contributed by atoms with Gasteiger partial charge in [0, 0.05) is 5.56 Å². The van der Waals surface area contributed by atoms with Crippen molar-refractivity contribution in [1.82, 2.24) is 0 Å². The van der Waals surface area contributed by atoms with Crippen LogP contribution >= 0.6 is 0 Å². The topological polar surface area (TPSA) is 20.2 Å². The van der Waals surface area contributed by atoms with Crippen molar-refractivity contribution in [3.05, 3.63) is 47.5 Å². The zero-order chi connectivity index (χ0) is 13.6. The average molecular weight is 254 g/mol. The molecule has 0 aliphatic heterocycles. The Labute approximate surface area is 103 Å². The number of aryl methyl sites for hydroxylation is 1. The van der Waals surface area contributed by atoms with E-state index in [1.165, 1.54) is 6.07 Å². The molecule has 0 bridgehead atoms. The summed E-state index contributed by atoms with van der Waals surface area (Å²) >= 11 is 0. The van der Waals surface area contributed by atoms with Crippen molar-refractivity contribution in [1.29, 1.82) is 0 Å². The van der Waals surface area contributed by atoms with Gasteiger partial charge in [-0.3, -0.25) is 0 Å². The Morgan fingerprint density at radius 3 is 2.06 bits per heavy atom. The first-order chi connectivity index (χ1) is 8.25. The van der Waals surface area contributed by atoms with Gasteiger partial charge in [-0.2, -0.15) is 13.2 Å². The Morgan fingerprint density at radius 2 is 1.50 bits per heavy atom. The zero-order valence-electron chi connectivity index (χ0n) is 10.0. The molecule has 0 fully saturated rings. The summed E-state index contributed by atoms with van der Waals surface area (Å²) in [5.74, 6) is 0. The molecule has 2 rings (SSSR count). The summed E-state index contributed by atoms with van der Waals surface area (Å²) in [7, 11) is 0. The predicted octanol–water partition coefficient (Wildman–Crippen LogP) is 3.92. The molecule has 0 heterocycles. The van der Waals surface area contributed by atoms with Gasteiger partial charge in [-0.1, -0.05) is 36.4 Å². The Morgan fingerprint density at radius 1 is 0.944 bits per heavy atom. The molecule has 1 atom stereocenters. The van der Waals surface area contributed by atoms with E-state index >= 15 is 0 Å². The van der Waals surface area contributed by atoms with Crippen LogP contribution in [0.25, 0.3) is 10.8 Å². The van der Waals surface area contributed by atoms with Gasteiger partial charge >= 0.3 is 6.18 Å². The van der Waals surface area contributed by atoms with Gasteiger partial charge in [-0.15, -0.1) is 0 Å². The van der Waals surface area contributed by atoms with Crippen molar-refractivity contribution in [2.75, 3.05) is 0 Å². The summed E-state index contributed by atoms with van der Waals surface area (Å²) in [6, 6.07) is 9.71. The SMILES string of the molecule is Cc1ccc(C(C)(O)C(F)(F)F)c2ccccc12. The monoisotopic (exact) mass is 254 g/mol. The largest absolute Gasteiger partial charge is 0.421 e. The first kappa shape index (κ1) is 12.9. The first-order valence-corrected chi connectivity index (χ1v) is 5.53. The molecule has 1 N–H and O–H groups in total. The van der Waals surface area contributed by atoms with Crippen LogP contribution in [0, 0.1) is 6.92 Å². The van der Waals surface area contributed by atoms with Crippen LogP contribution in [0.15, 0.2) is 36.4 Å². The van der Waals surface area contributed by atoms with E-state index in [-0.39, 0.29) is 5.56 Å². The molecule has 1 nitrogen and oxygen atoms in total. The van der Waals surface area contributed by atoms with Crippen molar-refractivity contribution >= 4 is 10.8 Å². The minimum Gasteiger partial charge on any atom is -0.376 e. The van der Waals surface area contributed by atoms with Gasteiger partial charge in [0.2, 0.25) is 0 Å². The summed E-state index contributed by atoms with van der Waals surface area (Å²) in [5, 5.41) is 10.9. The molecule has 0 aliphatic rings. The lowest BCUT2D eigenvalue weighted by Crippen LogP contribution is -2.39. The standard InChI is InChI=1S/C14H13F3O/c1-9-7-8-12(13(2,18)14(15,16)17)11-6-4-3-5-10(9)11/h3-8,18H,1-2H3. The fourth-order valence-corrected chi connectivity index (χ4v) is 2.03. The number of aliphatic hydroxyl groups is 1. The summed E-state index contributed by atoms with van der Waals surface area (Å²) in [5.41, 5.74) is -2.08. The maximum Gasteiger partial charge on any atom is 0.421 e. The molecule has 1 unspecified atom stereocenters. The third kappa shape index (κ3) is 1.86. The molecular formula is C14H13F3O. The molecule has 0 amide bonds. The second kappa shape index (κ2) is 3.99. The zero-order valence-corrected chi connectivity index (χ0v) is 10.0. The van der Waals surface area contributed by atoms with E-state index in [9.17, 15) is 18.3 Å². The van der Waals surface area contributed by atoms with Crippen molar-refractivity contribution in [3.8, 4) is 0 Å². The lowest BCUT2D eigenvalue weighted by Gasteiger charge is -2.28. The first-order valence-electron chi connectivity index (χ1n) is 5.53. The van der Waals surface area contributed by atoms with Gasteiger partial charge < -0.3 is 5.11 Å². The number of halogens is 3.